The largest absolute Gasteiger partial charge is 0.401 e. The number of hydrogen-bond acceptors (Lipinski definition) is 3. The maximum Gasteiger partial charge on any atom is 0.401 e. The highest BCUT2D eigenvalue weighted by Gasteiger charge is 2.30. The number of aliphatic hydroxyl groups excluding tert-OH is 1. The highest BCUT2D eigenvalue weighted by atomic mass is 32.1. The quantitative estimate of drug-likeness (QED) is 0.839. The third kappa shape index (κ3) is 5.48. The maximum absolute atomic E-state index is 12.2. The SMILES string of the molecule is OCCN(CCc1cccs1)CC(F)(F)F. The number of hydrogen-bond donors (Lipinski definition) is 1. The Kier molecular flexibility index (Phi) is 5.24. The van der Waals surface area contributed by atoms with E-state index < -0.39 is 12.7 Å². The van der Waals surface area contributed by atoms with Crippen LogP contribution in [0.3, 0.4) is 0 Å². The topological polar surface area (TPSA) is 23.5 Å². The molecule has 6 heteroatoms. The smallest absolute Gasteiger partial charge is 0.395 e. The molecule has 1 heterocycles. The van der Waals surface area contributed by atoms with Gasteiger partial charge in [-0.1, -0.05) is 6.07 Å². The highest BCUT2D eigenvalue weighted by molar-refractivity contribution is 7.09. The first-order valence-electron chi connectivity index (χ1n) is 4.93. The van der Waals surface area contributed by atoms with Crippen molar-refractivity contribution < 1.29 is 18.3 Å². The summed E-state index contributed by atoms with van der Waals surface area (Å²) < 4.78 is 36.5. The summed E-state index contributed by atoms with van der Waals surface area (Å²) in [6.07, 6.45) is -3.61. The molecule has 1 aromatic heterocycles. The lowest BCUT2D eigenvalue weighted by Crippen LogP contribution is -2.37. The number of thiophene rings is 1. The first kappa shape index (κ1) is 13.5. The number of halogens is 3. The molecule has 0 aliphatic heterocycles. The third-order valence-corrected chi connectivity index (χ3v) is 3.01. The molecule has 0 fully saturated rings. The molecule has 92 valence electrons. The molecule has 0 amide bonds. The normalized spacial score (nSPS) is 12.3. The molecule has 0 aliphatic rings. The Morgan fingerprint density at radius 3 is 2.56 bits per heavy atom. The molecule has 0 aromatic carbocycles. The van der Waals surface area contributed by atoms with Gasteiger partial charge in [-0.15, -0.1) is 11.3 Å². The number of aliphatic hydroxyl groups is 1. The minimum atomic E-state index is -4.20. The predicted octanol–water partition coefficient (Wildman–Crippen LogP) is 2.15. The monoisotopic (exact) mass is 253 g/mol. The fourth-order valence-electron chi connectivity index (χ4n) is 1.39. The van der Waals surface area contributed by atoms with Gasteiger partial charge < -0.3 is 5.11 Å². The second kappa shape index (κ2) is 6.22. The molecule has 0 radical (unpaired) electrons. The molecular formula is C10H14F3NOS. The van der Waals surface area contributed by atoms with Crippen molar-refractivity contribution in [3.8, 4) is 0 Å². The van der Waals surface area contributed by atoms with Gasteiger partial charge in [0.15, 0.2) is 0 Å². The van der Waals surface area contributed by atoms with Crippen molar-refractivity contribution in [3.63, 3.8) is 0 Å². The zero-order valence-corrected chi connectivity index (χ0v) is 9.52. The molecule has 0 aliphatic carbocycles. The molecule has 0 saturated heterocycles. The van der Waals surface area contributed by atoms with Crippen LogP contribution >= 0.6 is 11.3 Å². The molecule has 1 aromatic rings. The molecule has 1 N–H and O–H groups in total. The van der Waals surface area contributed by atoms with Crippen LogP contribution in [-0.2, 0) is 6.42 Å². The summed E-state index contributed by atoms with van der Waals surface area (Å²) in [4.78, 5) is 2.28. The van der Waals surface area contributed by atoms with E-state index >= 15 is 0 Å². The van der Waals surface area contributed by atoms with E-state index in [9.17, 15) is 13.2 Å². The second-order valence-electron chi connectivity index (χ2n) is 3.44. The average molecular weight is 253 g/mol. The van der Waals surface area contributed by atoms with Crippen LogP contribution in [0.25, 0.3) is 0 Å². The van der Waals surface area contributed by atoms with Gasteiger partial charge in [0.05, 0.1) is 13.2 Å². The molecular weight excluding hydrogens is 239 g/mol. The lowest BCUT2D eigenvalue weighted by atomic mass is 10.3. The molecule has 0 saturated carbocycles. The van der Waals surface area contributed by atoms with E-state index in [1.807, 2.05) is 17.5 Å². The summed E-state index contributed by atoms with van der Waals surface area (Å²) in [6, 6.07) is 3.77. The van der Waals surface area contributed by atoms with Gasteiger partial charge in [-0.05, 0) is 17.9 Å². The van der Waals surface area contributed by atoms with E-state index in [4.69, 9.17) is 5.11 Å². The van der Waals surface area contributed by atoms with E-state index in [2.05, 4.69) is 0 Å². The summed E-state index contributed by atoms with van der Waals surface area (Å²) in [7, 11) is 0. The van der Waals surface area contributed by atoms with Crippen LogP contribution < -0.4 is 0 Å². The van der Waals surface area contributed by atoms with Crippen LogP contribution in [0.2, 0.25) is 0 Å². The first-order chi connectivity index (χ1) is 7.51. The molecule has 0 unspecified atom stereocenters. The molecule has 0 atom stereocenters. The van der Waals surface area contributed by atoms with Crippen molar-refractivity contribution in [3.05, 3.63) is 22.4 Å². The van der Waals surface area contributed by atoms with Crippen LogP contribution in [0.1, 0.15) is 4.88 Å². The summed E-state index contributed by atoms with van der Waals surface area (Å²) in [5.41, 5.74) is 0. The van der Waals surface area contributed by atoms with Gasteiger partial charge in [-0.3, -0.25) is 4.90 Å². The molecule has 16 heavy (non-hydrogen) atoms. The van der Waals surface area contributed by atoms with Crippen LogP contribution in [0.15, 0.2) is 17.5 Å². The Bertz CT molecular complexity index is 287. The first-order valence-corrected chi connectivity index (χ1v) is 5.81. The fourth-order valence-corrected chi connectivity index (χ4v) is 2.09. The molecule has 2 nitrogen and oxygen atoms in total. The summed E-state index contributed by atoms with van der Waals surface area (Å²) in [5, 5.41) is 10.6. The lowest BCUT2D eigenvalue weighted by molar-refractivity contribution is -0.146. The Hall–Kier alpha value is -0.590. The Morgan fingerprint density at radius 2 is 2.06 bits per heavy atom. The Labute approximate surface area is 96.3 Å². The van der Waals surface area contributed by atoms with E-state index in [-0.39, 0.29) is 13.2 Å². The van der Waals surface area contributed by atoms with Crippen molar-refractivity contribution in [2.75, 3.05) is 26.2 Å². The minimum Gasteiger partial charge on any atom is -0.395 e. The van der Waals surface area contributed by atoms with Crippen molar-refractivity contribution in [2.45, 2.75) is 12.6 Å². The van der Waals surface area contributed by atoms with Crippen LogP contribution in [-0.4, -0.2) is 42.4 Å². The van der Waals surface area contributed by atoms with Gasteiger partial charge in [0.25, 0.3) is 0 Å². The minimum absolute atomic E-state index is 0.0604. The maximum atomic E-state index is 12.2. The van der Waals surface area contributed by atoms with E-state index in [1.165, 1.54) is 16.2 Å². The van der Waals surface area contributed by atoms with Crippen LogP contribution in [0, 0.1) is 0 Å². The third-order valence-electron chi connectivity index (χ3n) is 2.07. The number of alkyl halides is 3. The highest BCUT2D eigenvalue weighted by Crippen LogP contribution is 2.17. The Balaban J connectivity index is 2.39. The lowest BCUT2D eigenvalue weighted by Gasteiger charge is -2.22. The second-order valence-corrected chi connectivity index (χ2v) is 4.48. The van der Waals surface area contributed by atoms with Crippen molar-refractivity contribution in [1.29, 1.82) is 0 Å². The number of nitrogens with zero attached hydrogens (tertiary/aromatic N) is 1. The fraction of sp³-hybridized carbons (Fsp3) is 0.600. The average Bonchev–Trinajstić information content (AvgIpc) is 2.64. The van der Waals surface area contributed by atoms with Crippen molar-refractivity contribution >= 4 is 11.3 Å². The number of rotatable bonds is 6. The zero-order chi connectivity index (χ0) is 12.0. The van der Waals surface area contributed by atoms with Gasteiger partial charge in [-0.25, -0.2) is 0 Å². The van der Waals surface area contributed by atoms with Crippen molar-refractivity contribution in [1.82, 2.24) is 4.90 Å². The van der Waals surface area contributed by atoms with Gasteiger partial charge in [0, 0.05) is 18.0 Å². The Morgan fingerprint density at radius 1 is 1.31 bits per heavy atom. The van der Waals surface area contributed by atoms with E-state index in [1.54, 1.807) is 0 Å². The van der Waals surface area contributed by atoms with Gasteiger partial charge in [0.2, 0.25) is 0 Å². The summed E-state index contributed by atoms with van der Waals surface area (Å²) in [5.74, 6) is 0. The van der Waals surface area contributed by atoms with E-state index in [0.717, 1.165) is 4.88 Å². The summed E-state index contributed by atoms with van der Waals surface area (Å²) in [6.45, 7) is -0.828. The zero-order valence-electron chi connectivity index (χ0n) is 8.70. The van der Waals surface area contributed by atoms with Gasteiger partial charge >= 0.3 is 6.18 Å². The molecule has 1 rings (SSSR count). The van der Waals surface area contributed by atoms with Gasteiger partial charge in [-0.2, -0.15) is 13.2 Å². The van der Waals surface area contributed by atoms with Gasteiger partial charge in [0.1, 0.15) is 0 Å². The molecule has 0 bridgehead atoms. The van der Waals surface area contributed by atoms with Crippen molar-refractivity contribution in [2.24, 2.45) is 0 Å². The standard InChI is InChI=1S/C10H14F3NOS/c11-10(12,13)8-14(5-6-15)4-3-9-2-1-7-16-9/h1-2,7,15H,3-6,8H2. The summed E-state index contributed by atoms with van der Waals surface area (Å²) >= 11 is 1.53. The van der Waals surface area contributed by atoms with Crippen LogP contribution in [0.5, 0.6) is 0 Å². The predicted molar refractivity (Wildman–Crippen MR) is 57.6 cm³/mol. The van der Waals surface area contributed by atoms with Crippen LogP contribution in [0.4, 0.5) is 13.2 Å². The molecule has 0 spiro atoms. The van der Waals surface area contributed by atoms with E-state index in [0.29, 0.717) is 13.0 Å².